The fourth-order valence-electron chi connectivity index (χ4n) is 3.08. The Kier molecular flexibility index (Phi) is 4.24. The number of hydrogen-bond donors (Lipinski definition) is 0. The van der Waals surface area contributed by atoms with Gasteiger partial charge in [-0.1, -0.05) is 30.3 Å². The molecule has 0 saturated carbocycles. The Hall–Kier alpha value is -1.43. The number of benzene rings is 1. The van der Waals surface area contributed by atoms with E-state index in [4.69, 9.17) is 14.2 Å². The lowest BCUT2D eigenvalue weighted by Gasteiger charge is -2.39. The van der Waals surface area contributed by atoms with Crippen molar-refractivity contribution < 1.29 is 19.0 Å². The smallest absolute Gasteiger partial charge is 0.256 e. The van der Waals surface area contributed by atoms with Gasteiger partial charge in [0.2, 0.25) is 0 Å². The number of rotatable bonds is 3. The lowest BCUT2D eigenvalue weighted by molar-refractivity contribution is -0.196. The number of amides is 1. The summed E-state index contributed by atoms with van der Waals surface area (Å²) in [5, 5.41) is 0. The third kappa shape index (κ3) is 2.95. The number of nitrogens with zero attached hydrogens (tertiary/aromatic N) is 1. The van der Waals surface area contributed by atoms with E-state index in [1.54, 1.807) is 12.0 Å². The molecule has 2 fully saturated rings. The molecule has 2 aliphatic rings. The van der Waals surface area contributed by atoms with Gasteiger partial charge in [-0.15, -0.1) is 0 Å². The minimum Gasteiger partial charge on any atom is -0.367 e. The summed E-state index contributed by atoms with van der Waals surface area (Å²) in [5.74, 6) is -0.620. The van der Waals surface area contributed by atoms with Gasteiger partial charge < -0.3 is 19.1 Å². The summed E-state index contributed by atoms with van der Waals surface area (Å²) < 4.78 is 16.9. The molecule has 0 aromatic heterocycles. The zero-order chi connectivity index (χ0) is 14.7. The summed E-state index contributed by atoms with van der Waals surface area (Å²) in [7, 11) is 1.57. The summed E-state index contributed by atoms with van der Waals surface area (Å²) in [5.41, 5.74) is 0.873. The van der Waals surface area contributed by atoms with Crippen LogP contribution in [-0.4, -0.2) is 50.0 Å². The largest absolute Gasteiger partial charge is 0.367 e. The minimum atomic E-state index is -0.594. The van der Waals surface area contributed by atoms with Crippen LogP contribution >= 0.6 is 0 Å². The van der Waals surface area contributed by atoms with Crippen LogP contribution in [0.4, 0.5) is 0 Å². The predicted molar refractivity (Wildman–Crippen MR) is 76.6 cm³/mol. The van der Waals surface area contributed by atoms with E-state index in [0.29, 0.717) is 19.8 Å². The Morgan fingerprint density at radius 3 is 2.67 bits per heavy atom. The van der Waals surface area contributed by atoms with Crippen LogP contribution in [-0.2, 0) is 19.0 Å². The van der Waals surface area contributed by atoms with Crippen molar-refractivity contribution in [2.24, 2.45) is 0 Å². The molecule has 1 spiro atoms. The van der Waals surface area contributed by atoms with Gasteiger partial charge in [0.05, 0.1) is 19.8 Å². The number of carbonyl (C=O) groups is 1. The summed E-state index contributed by atoms with van der Waals surface area (Å²) in [4.78, 5) is 14.6. The van der Waals surface area contributed by atoms with Crippen LogP contribution in [0.2, 0.25) is 0 Å². The van der Waals surface area contributed by atoms with Crippen LogP contribution in [0.15, 0.2) is 30.3 Å². The number of ether oxygens (including phenoxy) is 3. The molecule has 1 atom stereocenters. The Morgan fingerprint density at radius 1 is 1.29 bits per heavy atom. The van der Waals surface area contributed by atoms with E-state index in [1.807, 2.05) is 30.3 Å². The van der Waals surface area contributed by atoms with Gasteiger partial charge in [-0.2, -0.15) is 0 Å². The highest BCUT2D eigenvalue weighted by atomic mass is 16.7. The first-order valence-electron chi connectivity index (χ1n) is 7.38. The van der Waals surface area contributed by atoms with Gasteiger partial charge in [0.15, 0.2) is 11.9 Å². The van der Waals surface area contributed by atoms with E-state index in [1.165, 1.54) is 0 Å². The Labute approximate surface area is 124 Å². The van der Waals surface area contributed by atoms with Crippen molar-refractivity contribution in [2.45, 2.75) is 24.7 Å². The monoisotopic (exact) mass is 291 g/mol. The summed E-state index contributed by atoms with van der Waals surface area (Å²) in [6, 6.07) is 9.57. The van der Waals surface area contributed by atoms with Crippen molar-refractivity contribution in [3.05, 3.63) is 35.9 Å². The molecule has 1 amide bonds. The number of carbonyl (C=O) groups excluding carboxylic acids is 1. The molecule has 5 nitrogen and oxygen atoms in total. The molecule has 2 saturated heterocycles. The molecular formula is C16H21NO4. The lowest BCUT2D eigenvalue weighted by atomic mass is 10.0. The van der Waals surface area contributed by atoms with Gasteiger partial charge in [0.1, 0.15) is 0 Å². The van der Waals surface area contributed by atoms with Crippen molar-refractivity contribution in [1.29, 1.82) is 0 Å². The first-order chi connectivity index (χ1) is 10.2. The third-order valence-electron chi connectivity index (χ3n) is 4.11. The topological polar surface area (TPSA) is 48.0 Å². The maximum atomic E-state index is 12.8. The van der Waals surface area contributed by atoms with Crippen molar-refractivity contribution in [3.63, 3.8) is 0 Å². The second kappa shape index (κ2) is 6.13. The number of hydrogen-bond acceptors (Lipinski definition) is 4. The average Bonchev–Trinajstić information content (AvgIpc) is 2.97. The van der Waals surface area contributed by atoms with Crippen molar-refractivity contribution in [1.82, 2.24) is 4.90 Å². The molecule has 0 bridgehead atoms. The van der Waals surface area contributed by atoms with Gasteiger partial charge in [0, 0.05) is 20.1 Å². The Bertz CT molecular complexity index is 484. The van der Waals surface area contributed by atoms with Gasteiger partial charge in [-0.05, 0) is 12.0 Å². The quantitative estimate of drug-likeness (QED) is 0.851. The summed E-state index contributed by atoms with van der Waals surface area (Å²) >= 11 is 0. The second-order valence-corrected chi connectivity index (χ2v) is 5.50. The zero-order valence-electron chi connectivity index (χ0n) is 12.3. The maximum absolute atomic E-state index is 12.8. The molecule has 2 aliphatic heterocycles. The number of likely N-dealkylation sites (tertiary alicyclic amines) is 1. The maximum Gasteiger partial charge on any atom is 0.256 e. The molecule has 0 aliphatic carbocycles. The Balaban J connectivity index is 1.74. The van der Waals surface area contributed by atoms with E-state index in [0.717, 1.165) is 24.9 Å². The van der Waals surface area contributed by atoms with Crippen molar-refractivity contribution in [2.75, 3.05) is 33.4 Å². The molecule has 5 heteroatoms. The van der Waals surface area contributed by atoms with E-state index in [2.05, 4.69) is 0 Å². The molecular weight excluding hydrogens is 270 g/mol. The third-order valence-corrected chi connectivity index (χ3v) is 4.11. The van der Waals surface area contributed by atoms with Crippen LogP contribution in [0, 0.1) is 0 Å². The highest BCUT2D eigenvalue weighted by Crippen LogP contribution is 2.31. The van der Waals surface area contributed by atoms with Crippen LogP contribution in [0.5, 0.6) is 0 Å². The number of methoxy groups -OCH3 is 1. The second-order valence-electron chi connectivity index (χ2n) is 5.50. The molecule has 3 rings (SSSR count). The van der Waals surface area contributed by atoms with Crippen molar-refractivity contribution in [3.8, 4) is 0 Å². The number of piperidine rings is 1. The van der Waals surface area contributed by atoms with Crippen LogP contribution < -0.4 is 0 Å². The molecule has 1 unspecified atom stereocenters. The summed E-state index contributed by atoms with van der Waals surface area (Å²) in [6.45, 7) is 2.42. The summed E-state index contributed by atoms with van der Waals surface area (Å²) in [6.07, 6.45) is 1.17. The van der Waals surface area contributed by atoms with Crippen molar-refractivity contribution >= 4 is 5.91 Å². The van der Waals surface area contributed by atoms with Gasteiger partial charge in [0.25, 0.3) is 5.91 Å². The highest BCUT2D eigenvalue weighted by Gasteiger charge is 2.43. The molecule has 114 valence electrons. The molecule has 0 N–H and O–H groups in total. The van der Waals surface area contributed by atoms with Crippen LogP contribution in [0.25, 0.3) is 0 Å². The molecule has 2 heterocycles. The standard InChI is InChI=1S/C16H21NO4/c1-19-14(13-6-3-2-4-7-13)15(18)17-9-5-8-16(12-17)20-10-11-21-16/h2-4,6-7,14H,5,8-12H2,1H3. The molecule has 21 heavy (non-hydrogen) atoms. The zero-order valence-corrected chi connectivity index (χ0v) is 12.3. The highest BCUT2D eigenvalue weighted by molar-refractivity contribution is 5.82. The van der Waals surface area contributed by atoms with Crippen LogP contribution in [0.3, 0.4) is 0 Å². The predicted octanol–water partition coefficient (Wildman–Crippen LogP) is 1.74. The minimum absolute atomic E-state index is 0.0260. The fourth-order valence-corrected chi connectivity index (χ4v) is 3.08. The van der Waals surface area contributed by atoms with E-state index >= 15 is 0 Å². The van der Waals surface area contributed by atoms with Gasteiger partial charge >= 0.3 is 0 Å². The molecule has 0 radical (unpaired) electrons. The van der Waals surface area contributed by atoms with Gasteiger partial charge in [-0.25, -0.2) is 0 Å². The lowest BCUT2D eigenvalue weighted by Crippen LogP contribution is -2.52. The molecule has 1 aromatic rings. The van der Waals surface area contributed by atoms with E-state index in [-0.39, 0.29) is 5.91 Å². The first-order valence-corrected chi connectivity index (χ1v) is 7.38. The molecule has 1 aromatic carbocycles. The van der Waals surface area contributed by atoms with Gasteiger partial charge in [-0.3, -0.25) is 4.79 Å². The first kappa shape index (κ1) is 14.5. The average molecular weight is 291 g/mol. The Morgan fingerprint density at radius 2 is 2.00 bits per heavy atom. The fraction of sp³-hybridized carbons (Fsp3) is 0.562. The van der Waals surface area contributed by atoms with Crippen LogP contribution in [0.1, 0.15) is 24.5 Å². The van der Waals surface area contributed by atoms with E-state index in [9.17, 15) is 4.79 Å². The van der Waals surface area contributed by atoms with E-state index < -0.39 is 11.9 Å². The SMILES string of the molecule is COC(C(=O)N1CCCC2(C1)OCCO2)c1ccccc1. The normalized spacial score (nSPS) is 22.4.